The number of amides is 2. The number of carboxylic acid groups (broad SMARTS) is 1. The summed E-state index contributed by atoms with van der Waals surface area (Å²) in [7, 11) is 0. The lowest BCUT2D eigenvalue weighted by Crippen LogP contribution is -2.56. The summed E-state index contributed by atoms with van der Waals surface area (Å²) in [4.78, 5) is 36.0. The van der Waals surface area contributed by atoms with Gasteiger partial charge in [0.25, 0.3) is 0 Å². The molecule has 3 N–H and O–H groups in total. The molecule has 6 nitrogen and oxygen atoms in total. The first-order chi connectivity index (χ1) is 12.6. The van der Waals surface area contributed by atoms with E-state index in [-0.39, 0.29) is 16.4 Å². The molecule has 27 heavy (non-hydrogen) atoms. The van der Waals surface area contributed by atoms with Gasteiger partial charge < -0.3 is 15.7 Å². The third-order valence-corrected chi connectivity index (χ3v) is 6.36. The summed E-state index contributed by atoms with van der Waals surface area (Å²) in [5.74, 6) is -2.10. The monoisotopic (exact) mass is 370 g/mol. The van der Waals surface area contributed by atoms with Crippen molar-refractivity contribution >= 4 is 23.4 Å². The molecule has 144 valence electrons. The molecule has 1 aliphatic carbocycles. The van der Waals surface area contributed by atoms with Crippen LogP contribution in [0.3, 0.4) is 0 Å². The van der Waals surface area contributed by atoms with E-state index >= 15 is 0 Å². The van der Waals surface area contributed by atoms with E-state index in [0.29, 0.717) is 19.0 Å². The van der Waals surface area contributed by atoms with Crippen molar-refractivity contribution in [3.8, 4) is 0 Å². The van der Waals surface area contributed by atoms with Crippen molar-refractivity contribution in [2.24, 2.45) is 22.5 Å². The number of nitrogens with two attached hydrogens (primary N) is 1. The zero-order valence-corrected chi connectivity index (χ0v) is 16.0. The summed E-state index contributed by atoms with van der Waals surface area (Å²) >= 11 is 0. The molecule has 1 fully saturated rings. The molecule has 0 spiro atoms. The highest BCUT2D eigenvalue weighted by atomic mass is 16.4. The number of allylic oxidation sites excluding steroid dienone is 2. The molecule has 1 aliphatic heterocycles. The van der Waals surface area contributed by atoms with E-state index in [1.54, 1.807) is 17.0 Å². The van der Waals surface area contributed by atoms with Gasteiger partial charge in [-0.2, -0.15) is 0 Å². The van der Waals surface area contributed by atoms with E-state index in [0.717, 1.165) is 18.4 Å². The summed E-state index contributed by atoms with van der Waals surface area (Å²) in [5.41, 5.74) is 7.42. The zero-order valence-electron chi connectivity index (χ0n) is 16.0. The molecule has 1 saturated heterocycles. The largest absolute Gasteiger partial charge is 0.478 e. The summed E-state index contributed by atoms with van der Waals surface area (Å²) < 4.78 is 0. The minimum atomic E-state index is -0.933. The van der Waals surface area contributed by atoms with Crippen LogP contribution < -0.4 is 5.73 Å². The maximum absolute atomic E-state index is 12.0. The number of hydrogen-bond acceptors (Lipinski definition) is 3. The summed E-state index contributed by atoms with van der Waals surface area (Å²) in [6, 6.07) is 7.00. The van der Waals surface area contributed by atoms with Gasteiger partial charge in [-0.05, 0) is 52.9 Å². The Morgan fingerprint density at radius 1 is 1.15 bits per heavy atom. The number of aromatic carboxylic acids is 1. The third kappa shape index (κ3) is 3.24. The lowest BCUT2D eigenvalue weighted by Gasteiger charge is -2.55. The van der Waals surface area contributed by atoms with Gasteiger partial charge in [0.2, 0.25) is 0 Å². The Kier molecular flexibility index (Phi) is 4.62. The lowest BCUT2D eigenvalue weighted by atomic mass is 9.53. The first-order valence-electron chi connectivity index (χ1n) is 9.19. The predicted octanol–water partition coefficient (Wildman–Crippen LogP) is 2.54. The van der Waals surface area contributed by atoms with Crippen LogP contribution >= 0.6 is 0 Å². The second-order valence-corrected chi connectivity index (χ2v) is 8.51. The second kappa shape index (κ2) is 6.51. The van der Waals surface area contributed by atoms with Crippen LogP contribution in [0.1, 0.15) is 49.5 Å². The minimum Gasteiger partial charge on any atom is -0.478 e. The molecular formula is C21H26N2O4. The molecule has 2 aliphatic rings. The number of fused-ring (bicyclic) bond motifs is 1. The molecule has 0 aromatic heterocycles. The molecule has 1 aromatic rings. The van der Waals surface area contributed by atoms with Crippen molar-refractivity contribution in [3.63, 3.8) is 0 Å². The fourth-order valence-corrected chi connectivity index (χ4v) is 5.09. The van der Waals surface area contributed by atoms with Gasteiger partial charge in [0.05, 0.1) is 5.56 Å². The van der Waals surface area contributed by atoms with Gasteiger partial charge in [-0.1, -0.05) is 39.0 Å². The molecule has 2 amide bonds. The Morgan fingerprint density at radius 3 is 2.33 bits per heavy atom. The first kappa shape index (κ1) is 19.1. The van der Waals surface area contributed by atoms with Crippen molar-refractivity contribution in [1.29, 1.82) is 0 Å². The molecule has 1 aromatic carbocycles. The van der Waals surface area contributed by atoms with Crippen LogP contribution in [0.2, 0.25) is 0 Å². The van der Waals surface area contributed by atoms with Crippen LogP contribution in [0.5, 0.6) is 0 Å². The number of likely N-dealkylation sites (tertiary alicyclic amines) is 1. The molecule has 0 unspecified atom stereocenters. The Bertz CT molecular complexity index is 825. The number of rotatable bonds is 2. The number of hydrogen-bond donors (Lipinski definition) is 2. The maximum atomic E-state index is 12.0. The fourth-order valence-electron chi connectivity index (χ4n) is 5.09. The summed E-state index contributed by atoms with van der Waals surface area (Å²) in [6.45, 7) is 7.62. The topological polar surface area (TPSA) is 101 Å². The number of benzene rings is 1. The number of primary amides is 1. The molecule has 0 saturated carbocycles. The van der Waals surface area contributed by atoms with Gasteiger partial charge in [-0.25, -0.2) is 4.79 Å². The average Bonchev–Trinajstić information content (AvgIpc) is 2.60. The maximum Gasteiger partial charge on any atom is 0.335 e. The van der Waals surface area contributed by atoms with Crippen molar-refractivity contribution in [1.82, 2.24) is 4.90 Å². The third-order valence-electron chi connectivity index (χ3n) is 6.36. The highest BCUT2D eigenvalue weighted by molar-refractivity contribution is 6.34. The van der Waals surface area contributed by atoms with Crippen molar-refractivity contribution in [3.05, 3.63) is 41.5 Å². The Labute approximate surface area is 159 Å². The van der Waals surface area contributed by atoms with Crippen LogP contribution in [-0.2, 0) is 9.59 Å². The van der Waals surface area contributed by atoms with E-state index in [9.17, 15) is 14.4 Å². The SMILES string of the molecule is CC1(C)C(c2ccc(C(=O)O)cc2)=CC[C@]2(C)CN(C(=O)C(N)=O)CC[C@@H]12. The van der Waals surface area contributed by atoms with Crippen LogP contribution in [-0.4, -0.2) is 40.9 Å². The van der Waals surface area contributed by atoms with Crippen molar-refractivity contribution < 1.29 is 19.5 Å². The van der Waals surface area contributed by atoms with Gasteiger partial charge in [-0.15, -0.1) is 0 Å². The van der Waals surface area contributed by atoms with Crippen molar-refractivity contribution in [2.75, 3.05) is 13.1 Å². The van der Waals surface area contributed by atoms with Gasteiger partial charge >= 0.3 is 17.8 Å². The number of piperidine rings is 1. The highest BCUT2D eigenvalue weighted by Crippen LogP contribution is 2.57. The van der Waals surface area contributed by atoms with Crippen LogP contribution in [0.15, 0.2) is 30.3 Å². The van der Waals surface area contributed by atoms with Crippen LogP contribution in [0, 0.1) is 16.7 Å². The van der Waals surface area contributed by atoms with Gasteiger partial charge in [-0.3, -0.25) is 9.59 Å². The minimum absolute atomic E-state index is 0.128. The molecular weight excluding hydrogens is 344 g/mol. The fraction of sp³-hybridized carbons (Fsp3) is 0.476. The normalized spacial score (nSPS) is 26.7. The summed E-state index contributed by atoms with van der Waals surface area (Å²) in [5, 5.41) is 9.11. The molecule has 6 heteroatoms. The zero-order chi connectivity index (χ0) is 20.0. The highest BCUT2D eigenvalue weighted by Gasteiger charge is 2.51. The predicted molar refractivity (Wildman–Crippen MR) is 102 cm³/mol. The van der Waals surface area contributed by atoms with Crippen LogP contribution in [0.4, 0.5) is 0 Å². The number of carboxylic acids is 1. The van der Waals surface area contributed by atoms with Crippen molar-refractivity contribution in [2.45, 2.75) is 33.6 Å². The standard InChI is InChI=1S/C21H26N2O4/c1-20(2)15(13-4-6-14(7-5-13)19(26)27)8-10-21(3)12-23(11-9-16(20)21)18(25)17(22)24/h4-8,16H,9-12H2,1-3H3,(H2,22,24)(H,26,27)/t16-,21+/m0/s1. The molecule has 2 atom stereocenters. The molecule has 0 bridgehead atoms. The Hall–Kier alpha value is -2.63. The molecule has 1 heterocycles. The van der Waals surface area contributed by atoms with E-state index in [2.05, 4.69) is 26.8 Å². The van der Waals surface area contributed by atoms with E-state index in [1.165, 1.54) is 5.57 Å². The van der Waals surface area contributed by atoms with Gasteiger partial charge in [0.1, 0.15) is 0 Å². The Balaban J connectivity index is 1.91. The quantitative estimate of drug-likeness (QED) is 0.781. The van der Waals surface area contributed by atoms with E-state index in [4.69, 9.17) is 10.8 Å². The first-order valence-corrected chi connectivity index (χ1v) is 9.19. The number of carbonyl (C=O) groups is 3. The summed E-state index contributed by atoms with van der Waals surface area (Å²) in [6.07, 6.45) is 3.79. The second-order valence-electron chi connectivity index (χ2n) is 8.51. The van der Waals surface area contributed by atoms with Gasteiger partial charge in [0, 0.05) is 13.1 Å². The van der Waals surface area contributed by atoms with Crippen LogP contribution in [0.25, 0.3) is 5.57 Å². The smallest absolute Gasteiger partial charge is 0.335 e. The lowest BCUT2D eigenvalue weighted by molar-refractivity contribution is -0.148. The molecule has 3 rings (SSSR count). The number of carbonyl (C=O) groups excluding carboxylic acids is 2. The molecule has 0 radical (unpaired) electrons. The Morgan fingerprint density at radius 2 is 1.78 bits per heavy atom. The van der Waals surface area contributed by atoms with Gasteiger partial charge in [0.15, 0.2) is 0 Å². The van der Waals surface area contributed by atoms with E-state index < -0.39 is 17.8 Å². The van der Waals surface area contributed by atoms with E-state index in [1.807, 2.05) is 12.1 Å². The average molecular weight is 370 g/mol. The number of nitrogens with zero attached hydrogens (tertiary/aromatic N) is 1.